The topological polar surface area (TPSA) is 44.8 Å². The van der Waals surface area contributed by atoms with Crippen LogP contribution in [0, 0.1) is 0 Å². The Morgan fingerprint density at radius 1 is 0.920 bits per heavy atom. The summed E-state index contributed by atoms with van der Waals surface area (Å²) in [5.41, 5.74) is 0.752. The first-order valence-electron chi connectivity index (χ1n) is 8.60. The second kappa shape index (κ2) is 15.3. The Balaban J connectivity index is 0. The van der Waals surface area contributed by atoms with Crippen molar-refractivity contribution < 1.29 is 9.53 Å². The number of halogens is 2. The number of benzene rings is 1. The summed E-state index contributed by atoms with van der Waals surface area (Å²) >= 11 is 0. The molecule has 1 aromatic rings. The van der Waals surface area contributed by atoms with Crippen LogP contribution in [-0.4, -0.2) is 61.3 Å². The van der Waals surface area contributed by atoms with E-state index in [9.17, 15) is 4.79 Å². The van der Waals surface area contributed by atoms with Crippen LogP contribution in [-0.2, 0) is 4.74 Å². The van der Waals surface area contributed by atoms with Gasteiger partial charge in [-0.05, 0) is 38.3 Å². The first kappa shape index (κ1) is 26.2. The number of carbonyl (C=O) groups excluding carboxylic acids is 1. The van der Waals surface area contributed by atoms with Gasteiger partial charge in [0.05, 0.1) is 0 Å². The lowest BCUT2D eigenvalue weighted by Crippen LogP contribution is -2.43. The largest absolute Gasteiger partial charge is 0.443 e. The molecule has 1 N–H and O–H groups in total. The van der Waals surface area contributed by atoms with E-state index < -0.39 is 0 Å². The van der Waals surface area contributed by atoms with Crippen LogP contribution >= 0.6 is 24.8 Å². The van der Waals surface area contributed by atoms with Gasteiger partial charge in [-0.2, -0.15) is 0 Å². The van der Waals surface area contributed by atoms with Crippen LogP contribution in [0.4, 0.5) is 10.5 Å². The molecule has 7 heteroatoms. The molecule has 25 heavy (non-hydrogen) atoms. The third kappa shape index (κ3) is 10.5. The van der Waals surface area contributed by atoms with Crippen LogP contribution in [0.2, 0.25) is 0 Å². The number of nitrogens with one attached hydrogen (secondary N) is 1. The average Bonchev–Trinajstić information content (AvgIpc) is 2.57. The number of likely N-dealkylation sites (N-methyl/N-ethyl adjacent to an activating group) is 2. The number of amides is 1. The van der Waals surface area contributed by atoms with Gasteiger partial charge in [-0.3, -0.25) is 5.32 Å². The van der Waals surface area contributed by atoms with Gasteiger partial charge < -0.3 is 14.5 Å². The molecular weight excluding hydrogens is 361 g/mol. The summed E-state index contributed by atoms with van der Waals surface area (Å²) in [6.45, 7) is 13.8. The van der Waals surface area contributed by atoms with Crippen LogP contribution in [0.25, 0.3) is 0 Å². The number of anilines is 1. The smallest absolute Gasteiger partial charge is 0.411 e. The molecule has 0 radical (unpaired) electrons. The highest BCUT2D eigenvalue weighted by Crippen LogP contribution is 2.08. The van der Waals surface area contributed by atoms with Gasteiger partial charge in [0.25, 0.3) is 0 Å². The lowest BCUT2D eigenvalue weighted by Gasteiger charge is -2.29. The molecule has 5 nitrogen and oxygen atoms in total. The Hall–Kier alpha value is -1.01. The molecule has 0 saturated carbocycles. The van der Waals surface area contributed by atoms with Gasteiger partial charge >= 0.3 is 6.09 Å². The number of nitrogens with zero attached hydrogens (tertiary/aromatic N) is 2. The summed E-state index contributed by atoms with van der Waals surface area (Å²) in [4.78, 5) is 16.7. The van der Waals surface area contributed by atoms with Crippen molar-refractivity contribution in [3.63, 3.8) is 0 Å². The van der Waals surface area contributed by atoms with E-state index in [1.807, 2.05) is 30.3 Å². The third-order valence-electron chi connectivity index (χ3n) is 4.01. The zero-order valence-corrected chi connectivity index (χ0v) is 17.4. The first-order chi connectivity index (χ1) is 11.1. The fourth-order valence-electron chi connectivity index (χ4n) is 2.49. The Kier molecular flexibility index (Phi) is 16.0. The Labute approximate surface area is 164 Å². The van der Waals surface area contributed by atoms with Crippen LogP contribution in [0.5, 0.6) is 0 Å². The van der Waals surface area contributed by atoms with Crippen molar-refractivity contribution >= 4 is 36.6 Å². The molecule has 0 aliphatic rings. The Morgan fingerprint density at radius 2 is 1.36 bits per heavy atom. The minimum absolute atomic E-state index is 0. The number of hydrogen-bond donors (Lipinski definition) is 1. The predicted molar refractivity (Wildman–Crippen MR) is 110 cm³/mol. The van der Waals surface area contributed by atoms with Crippen LogP contribution in [0.3, 0.4) is 0 Å². The number of rotatable bonds is 10. The van der Waals surface area contributed by atoms with Crippen molar-refractivity contribution in [1.82, 2.24) is 9.80 Å². The molecule has 0 atom stereocenters. The molecule has 146 valence electrons. The summed E-state index contributed by atoms with van der Waals surface area (Å²) in [5, 5.41) is 2.79. The molecule has 0 aliphatic heterocycles. The maximum absolute atomic E-state index is 12.2. The van der Waals surface area contributed by atoms with Crippen LogP contribution < -0.4 is 5.32 Å². The number of hydrogen-bond acceptors (Lipinski definition) is 4. The highest BCUT2D eigenvalue weighted by atomic mass is 35.5. The SMILES string of the molecule is CCN(CC)CC(CN(CC)CC)OC(=O)Nc1ccccc1.Cl.Cl. The average molecular weight is 394 g/mol. The van der Waals surface area contributed by atoms with Crippen molar-refractivity contribution in [3.05, 3.63) is 30.3 Å². The van der Waals surface area contributed by atoms with Crippen molar-refractivity contribution in [3.8, 4) is 0 Å². The van der Waals surface area contributed by atoms with Crippen molar-refractivity contribution in [2.24, 2.45) is 0 Å². The number of para-hydroxylation sites is 1. The molecule has 0 fully saturated rings. The molecule has 1 amide bonds. The standard InChI is InChI=1S/C18H31N3O2.2ClH/c1-5-20(6-2)14-17(15-21(7-3)8-4)23-18(22)19-16-12-10-9-11-13-16;;/h9-13,17H,5-8,14-15H2,1-4H3,(H,19,22);2*1H. The summed E-state index contributed by atoms with van der Waals surface area (Å²) in [6, 6.07) is 9.40. The number of ether oxygens (including phenoxy) is 1. The highest BCUT2D eigenvalue weighted by Gasteiger charge is 2.19. The zero-order valence-electron chi connectivity index (χ0n) is 15.7. The lowest BCUT2D eigenvalue weighted by atomic mass is 10.2. The van der Waals surface area contributed by atoms with E-state index in [1.54, 1.807) is 0 Å². The fourth-order valence-corrected chi connectivity index (χ4v) is 2.49. The molecule has 0 aliphatic carbocycles. The van der Waals surface area contributed by atoms with E-state index in [2.05, 4.69) is 42.8 Å². The third-order valence-corrected chi connectivity index (χ3v) is 4.01. The van der Waals surface area contributed by atoms with E-state index in [0.29, 0.717) is 0 Å². The zero-order chi connectivity index (χ0) is 17.1. The maximum atomic E-state index is 12.2. The monoisotopic (exact) mass is 393 g/mol. The normalized spacial score (nSPS) is 10.4. The molecular formula is C18H33Cl2N3O2. The minimum atomic E-state index is -0.388. The molecule has 1 rings (SSSR count). The van der Waals surface area contributed by atoms with Gasteiger partial charge in [0.2, 0.25) is 0 Å². The maximum Gasteiger partial charge on any atom is 0.411 e. The molecule has 1 aromatic carbocycles. The van der Waals surface area contributed by atoms with Crippen LogP contribution in [0.15, 0.2) is 30.3 Å². The minimum Gasteiger partial charge on any atom is -0.443 e. The first-order valence-corrected chi connectivity index (χ1v) is 8.60. The molecule has 0 saturated heterocycles. The predicted octanol–water partition coefficient (Wildman–Crippen LogP) is 4.13. The lowest BCUT2D eigenvalue weighted by molar-refractivity contribution is 0.0575. The molecule has 0 heterocycles. The van der Waals surface area contributed by atoms with Gasteiger partial charge in [0.1, 0.15) is 6.10 Å². The van der Waals surface area contributed by atoms with Crippen molar-refractivity contribution in [2.45, 2.75) is 33.8 Å². The fraction of sp³-hybridized carbons (Fsp3) is 0.611. The van der Waals surface area contributed by atoms with Gasteiger partial charge in [-0.15, -0.1) is 24.8 Å². The van der Waals surface area contributed by atoms with E-state index in [-0.39, 0.29) is 37.0 Å². The molecule has 0 spiro atoms. The molecule has 0 unspecified atom stereocenters. The van der Waals surface area contributed by atoms with Gasteiger partial charge in [0.15, 0.2) is 0 Å². The van der Waals surface area contributed by atoms with E-state index in [4.69, 9.17) is 4.74 Å². The van der Waals surface area contributed by atoms with Gasteiger partial charge in [-0.1, -0.05) is 45.9 Å². The van der Waals surface area contributed by atoms with Crippen LogP contribution in [0.1, 0.15) is 27.7 Å². The van der Waals surface area contributed by atoms with E-state index in [0.717, 1.165) is 45.0 Å². The Bertz CT molecular complexity index is 427. The summed E-state index contributed by atoms with van der Waals surface area (Å²) < 4.78 is 5.69. The van der Waals surface area contributed by atoms with Crippen molar-refractivity contribution in [1.29, 1.82) is 0 Å². The quantitative estimate of drug-likeness (QED) is 0.648. The molecule has 0 bridgehead atoms. The molecule has 0 aromatic heterocycles. The summed E-state index contributed by atoms with van der Waals surface area (Å²) in [7, 11) is 0. The van der Waals surface area contributed by atoms with E-state index in [1.165, 1.54) is 0 Å². The summed E-state index contributed by atoms with van der Waals surface area (Å²) in [5.74, 6) is 0. The summed E-state index contributed by atoms with van der Waals surface area (Å²) in [6.07, 6.45) is -0.529. The van der Waals surface area contributed by atoms with Crippen molar-refractivity contribution in [2.75, 3.05) is 44.6 Å². The highest BCUT2D eigenvalue weighted by molar-refractivity contribution is 5.85. The van der Waals surface area contributed by atoms with Gasteiger partial charge in [-0.25, -0.2) is 4.79 Å². The van der Waals surface area contributed by atoms with Gasteiger partial charge in [0, 0.05) is 18.8 Å². The second-order valence-corrected chi connectivity index (χ2v) is 5.49. The second-order valence-electron chi connectivity index (χ2n) is 5.49. The Morgan fingerprint density at radius 3 is 1.76 bits per heavy atom. The number of carbonyl (C=O) groups is 1. The van der Waals surface area contributed by atoms with E-state index >= 15 is 0 Å².